The van der Waals surface area contributed by atoms with Gasteiger partial charge in [0.2, 0.25) is 5.91 Å². The number of rotatable bonds is 6. The molecule has 2 fully saturated rings. The largest absolute Gasteiger partial charge is 0.481 e. The molecule has 19 heavy (non-hydrogen) atoms. The number of nitrogens with two attached hydrogens (primary N) is 1. The van der Waals surface area contributed by atoms with Gasteiger partial charge in [-0.25, -0.2) is 0 Å². The molecular weight excluding hydrogens is 244 g/mol. The molecule has 0 heterocycles. The van der Waals surface area contributed by atoms with Gasteiger partial charge in [0.25, 0.3) is 0 Å². The third-order valence-corrected chi connectivity index (χ3v) is 4.84. The lowest BCUT2D eigenvalue weighted by atomic mass is 9.66. The second-order valence-corrected chi connectivity index (χ2v) is 6.34. The van der Waals surface area contributed by atoms with Crippen molar-refractivity contribution >= 4 is 11.9 Å². The van der Waals surface area contributed by atoms with Crippen molar-refractivity contribution in [1.29, 1.82) is 0 Å². The van der Waals surface area contributed by atoms with Crippen molar-refractivity contribution in [3.05, 3.63) is 0 Å². The van der Waals surface area contributed by atoms with Crippen LogP contribution in [0.15, 0.2) is 0 Å². The Hall–Kier alpha value is -1.10. The minimum absolute atomic E-state index is 0.0201. The summed E-state index contributed by atoms with van der Waals surface area (Å²) in [6.45, 7) is 0.548. The Morgan fingerprint density at radius 2 is 1.68 bits per heavy atom. The van der Waals surface area contributed by atoms with Gasteiger partial charge in [-0.1, -0.05) is 19.3 Å². The first kappa shape index (κ1) is 14.3. The highest BCUT2D eigenvalue weighted by Gasteiger charge is 2.41. The van der Waals surface area contributed by atoms with Crippen LogP contribution in [0.2, 0.25) is 0 Å². The SMILES string of the molecule is NCC1(CC(=O)NC2(CC(=O)O)CCCC2)CCC1. The van der Waals surface area contributed by atoms with Crippen LogP contribution >= 0.6 is 0 Å². The molecule has 1 amide bonds. The maximum atomic E-state index is 12.2. The van der Waals surface area contributed by atoms with Gasteiger partial charge >= 0.3 is 5.97 Å². The summed E-state index contributed by atoms with van der Waals surface area (Å²) in [7, 11) is 0. The molecule has 5 nitrogen and oxygen atoms in total. The molecule has 0 aromatic rings. The van der Waals surface area contributed by atoms with Crippen LogP contribution in [0.5, 0.6) is 0 Å². The van der Waals surface area contributed by atoms with E-state index in [4.69, 9.17) is 10.8 Å². The molecule has 2 saturated carbocycles. The zero-order chi connectivity index (χ0) is 13.9. The van der Waals surface area contributed by atoms with Crippen molar-refractivity contribution < 1.29 is 14.7 Å². The summed E-state index contributed by atoms with van der Waals surface area (Å²) >= 11 is 0. The highest BCUT2D eigenvalue weighted by Crippen LogP contribution is 2.43. The van der Waals surface area contributed by atoms with Crippen LogP contribution < -0.4 is 11.1 Å². The molecule has 108 valence electrons. The van der Waals surface area contributed by atoms with Gasteiger partial charge < -0.3 is 16.2 Å². The Labute approximate surface area is 113 Å². The standard InChI is InChI=1S/C14H24N2O3/c15-10-13(4-3-5-13)8-11(17)16-14(9-12(18)19)6-1-2-7-14/h1-10,15H2,(H,16,17)(H,18,19). The topological polar surface area (TPSA) is 92.4 Å². The molecule has 0 spiro atoms. The second-order valence-electron chi connectivity index (χ2n) is 6.34. The van der Waals surface area contributed by atoms with Crippen molar-refractivity contribution in [2.24, 2.45) is 11.1 Å². The zero-order valence-corrected chi connectivity index (χ0v) is 11.4. The molecule has 0 aromatic heterocycles. The lowest BCUT2D eigenvalue weighted by Crippen LogP contribution is -2.50. The smallest absolute Gasteiger partial charge is 0.305 e. The van der Waals surface area contributed by atoms with E-state index >= 15 is 0 Å². The fraction of sp³-hybridized carbons (Fsp3) is 0.857. The summed E-state index contributed by atoms with van der Waals surface area (Å²) < 4.78 is 0. The molecule has 5 heteroatoms. The van der Waals surface area contributed by atoms with E-state index in [2.05, 4.69) is 5.32 Å². The van der Waals surface area contributed by atoms with E-state index < -0.39 is 11.5 Å². The fourth-order valence-electron chi connectivity index (χ4n) is 3.50. The number of aliphatic carboxylic acids is 1. The Morgan fingerprint density at radius 3 is 2.11 bits per heavy atom. The molecule has 0 bridgehead atoms. The van der Waals surface area contributed by atoms with Gasteiger partial charge in [0.05, 0.1) is 12.0 Å². The van der Waals surface area contributed by atoms with Crippen molar-refractivity contribution in [2.45, 2.75) is 63.3 Å². The van der Waals surface area contributed by atoms with Gasteiger partial charge in [-0.3, -0.25) is 9.59 Å². The normalized spacial score (nSPS) is 23.6. The van der Waals surface area contributed by atoms with Crippen LogP contribution in [-0.4, -0.2) is 29.1 Å². The Kier molecular flexibility index (Phi) is 4.13. The van der Waals surface area contributed by atoms with Gasteiger partial charge in [-0.05, 0) is 37.6 Å². The van der Waals surface area contributed by atoms with Crippen molar-refractivity contribution in [3.8, 4) is 0 Å². The third kappa shape index (κ3) is 3.26. The summed E-state index contributed by atoms with van der Waals surface area (Å²) in [5.41, 5.74) is 5.23. The van der Waals surface area contributed by atoms with Gasteiger partial charge in [0.1, 0.15) is 0 Å². The van der Waals surface area contributed by atoms with Gasteiger partial charge in [-0.2, -0.15) is 0 Å². The molecular formula is C14H24N2O3. The average molecular weight is 268 g/mol. The van der Waals surface area contributed by atoms with E-state index in [0.717, 1.165) is 44.9 Å². The minimum atomic E-state index is -0.834. The number of carboxylic acid groups (broad SMARTS) is 1. The number of amides is 1. The van der Waals surface area contributed by atoms with Gasteiger partial charge in [-0.15, -0.1) is 0 Å². The number of carbonyl (C=O) groups excluding carboxylic acids is 1. The minimum Gasteiger partial charge on any atom is -0.481 e. The monoisotopic (exact) mass is 268 g/mol. The molecule has 2 aliphatic rings. The zero-order valence-electron chi connectivity index (χ0n) is 11.4. The number of hydrogen-bond acceptors (Lipinski definition) is 3. The van der Waals surface area contributed by atoms with Crippen LogP contribution in [-0.2, 0) is 9.59 Å². The quantitative estimate of drug-likeness (QED) is 0.679. The average Bonchev–Trinajstić information content (AvgIpc) is 2.70. The predicted octanol–water partition coefficient (Wildman–Crippen LogP) is 1.41. The Balaban J connectivity index is 1.93. The number of carbonyl (C=O) groups is 2. The molecule has 2 rings (SSSR count). The molecule has 0 saturated heterocycles. The van der Waals surface area contributed by atoms with E-state index in [0.29, 0.717) is 13.0 Å². The summed E-state index contributed by atoms with van der Waals surface area (Å²) in [5, 5.41) is 12.0. The molecule has 0 unspecified atom stereocenters. The maximum Gasteiger partial charge on any atom is 0.305 e. The fourth-order valence-corrected chi connectivity index (χ4v) is 3.50. The molecule has 0 atom stereocenters. The summed E-state index contributed by atoms with van der Waals surface area (Å²) in [6.07, 6.45) is 7.21. The van der Waals surface area contributed by atoms with E-state index in [1.807, 2.05) is 0 Å². The van der Waals surface area contributed by atoms with Crippen LogP contribution in [0.1, 0.15) is 57.8 Å². The number of nitrogens with one attached hydrogen (secondary N) is 1. The van der Waals surface area contributed by atoms with Crippen LogP contribution in [0.3, 0.4) is 0 Å². The van der Waals surface area contributed by atoms with E-state index in [9.17, 15) is 9.59 Å². The van der Waals surface area contributed by atoms with E-state index in [-0.39, 0.29) is 17.7 Å². The van der Waals surface area contributed by atoms with Gasteiger partial charge in [0, 0.05) is 6.42 Å². The summed E-state index contributed by atoms with van der Waals surface area (Å²) in [5.74, 6) is -0.854. The summed E-state index contributed by atoms with van der Waals surface area (Å²) in [6, 6.07) is 0. The highest BCUT2D eigenvalue weighted by molar-refractivity contribution is 5.79. The summed E-state index contributed by atoms with van der Waals surface area (Å²) in [4.78, 5) is 23.2. The van der Waals surface area contributed by atoms with E-state index in [1.165, 1.54) is 0 Å². The second kappa shape index (κ2) is 5.49. The predicted molar refractivity (Wildman–Crippen MR) is 71.5 cm³/mol. The van der Waals surface area contributed by atoms with Gasteiger partial charge in [0.15, 0.2) is 0 Å². The molecule has 4 N–H and O–H groups in total. The lowest BCUT2D eigenvalue weighted by molar-refractivity contribution is -0.139. The third-order valence-electron chi connectivity index (χ3n) is 4.84. The first-order chi connectivity index (χ1) is 8.99. The molecule has 0 aromatic carbocycles. The molecule has 0 aliphatic heterocycles. The first-order valence-electron chi connectivity index (χ1n) is 7.22. The van der Waals surface area contributed by atoms with Crippen molar-refractivity contribution in [2.75, 3.05) is 6.54 Å². The number of carboxylic acids is 1. The van der Waals surface area contributed by atoms with Crippen molar-refractivity contribution in [1.82, 2.24) is 5.32 Å². The lowest BCUT2D eigenvalue weighted by Gasteiger charge is -2.41. The van der Waals surface area contributed by atoms with Crippen LogP contribution in [0.4, 0.5) is 0 Å². The van der Waals surface area contributed by atoms with Crippen LogP contribution in [0.25, 0.3) is 0 Å². The Bertz CT molecular complexity index is 352. The molecule has 0 radical (unpaired) electrons. The molecule has 2 aliphatic carbocycles. The highest BCUT2D eigenvalue weighted by atomic mass is 16.4. The van der Waals surface area contributed by atoms with Crippen molar-refractivity contribution in [3.63, 3.8) is 0 Å². The maximum absolute atomic E-state index is 12.2. The first-order valence-corrected chi connectivity index (χ1v) is 7.22. The van der Waals surface area contributed by atoms with Crippen LogP contribution in [0, 0.1) is 5.41 Å². The Morgan fingerprint density at radius 1 is 1.05 bits per heavy atom. The number of hydrogen-bond donors (Lipinski definition) is 3. The van der Waals surface area contributed by atoms with E-state index in [1.54, 1.807) is 0 Å².